The summed E-state index contributed by atoms with van der Waals surface area (Å²) < 4.78 is 0. The second-order valence-corrected chi connectivity index (χ2v) is 6.56. The summed E-state index contributed by atoms with van der Waals surface area (Å²) in [5.41, 5.74) is 3.12. The fraction of sp³-hybridized carbons (Fsp3) is 0.375. The molecule has 2 rings (SSSR count). The molecule has 4 nitrogen and oxygen atoms in total. The van der Waals surface area contributed by atoms with E-state index in [1.54, 1.807) is 11.8 Å². The van der Waals surface area contributed by atoms with Crippen LogP contribution < -0.4 is 10.9 Å². The van der Waals surface area contributed by atoms with E-state index in [2.05, 4.69) is 53.4 Å². The van der Waals surface area contributed by atoms with Gasteiger partial charge < -0.3 is 10.3 Å². The third-order valence-corrected chi connectivity index (χ3v) is 4.42. The molecular formula is C16H21N3OS. The van der Waals surface area contributed by atoms with Gasteiger partial charge in [0, 0.05) is 23.1 Å². The van der Waals surface area contributed by atoms with Crippen LogP contribution in [0.1, 0.15) is 29.8 Å². The van der Waals surface area contributed by atoms with Crippen molar-refractivity contribution in [2.75, 3.05) is 7.05 Å². The molecule has 1 aromatic carbocycles. The summed E-state index contributed by atoms with van der Waals surface area (Å²) in [5.74, 6) is 0. The van der Waals surface area contributed by atoms with Gasteiger partial charge in [-0.25, -0.2) is 4.98 Å². The van der Waals surface area contributed by atoms with Gasteiger partial charge in [0.1, 0.15) is 0 Å². The molecular weight excluding hydrogens is 282 g/mol. The van der Waals surface area contributed by atoms with Gasteiger partial charge in [0.2, 0.25) is 0 Å². The van der Waals surface area contributed by atoms with Gasteiger partial charge in [0.05, 0.1) is 0 Å². The van der Waals surface area contributed by atoms with Crippen LogP contribution in [0, 0.1) is 13.8 Å². The number of hydrogen-bond donors (Lipinski definition) is 2. The van der Waals surface area contributed by atoms with Crippen molar-refractivity contribution in [2.45, 2.75) is 37.2 Å². The number of rotatable bonds is 5. The summed E-state index contributed by atoms with van der Waals surface area (Å²) in [6.07, 6.45) is 0. The summed E-state index contributed by atoms with van der Waals surface area (Å²) in [4.78, 5) is 18.7. The van der Waals surface area contributed by atoms with Crippen molar-refractivity contribution >= 4 is 11.8 Å². The number of aromatic nitrogens is 2. The highest BCUT2D eigenvalue weighted by Crippen LogP contribution is 2.29. The molecule has 2 aromatic rings. The van der Waals surface area contributed by atoms with Crippen molar-refractivity contribution < 1.29 is 0 Å². The molecule has 0 radical (unpaired) electrons. The fourth-order valence-corrected chi connectivity index (χ4v) is 3.44. The van der Waals surface area contributed by atoms with Gasteiger partial charge in [-0.1, -0.05) is 48.5 Å². The van der Waals surface area contributed by atoms with Gasteiger partial charge in [-0.05, 0) is 26.5 Å². The molecule has 5 heteroatoms. The Morgan fingerprint density at radius 2 is 1.90 bits per heavy atom. The van der Waals surface area contributed by atoms with E-state index < -0.39 is 0 Å². The molecule has 2 unspecified atom stereocenters. The zero-order valence-corrected chi connectivity index (χ0v) is 13.6. The molecule has 0 saturated heterocycles. The van der Waals surface area contributed by atoms with Crippen LogP contribution >= 0.6 is 11.8 Å². The van der Waals surface area contributed by atoms with E-state index in [0.29, 0.717) is 5.16 Å². The predicted molar refractivity (Wildman–Crippen MR) is 87.9 cm³/mol. The quantitative estimate of drug-likeness (QED) is 0.659. The number of benzene rings is 1. The lowest BCUT2D eigenvalue weighted by Crippen LogP contribution is -2.25. The number of aryl methyl sites for hydroxylation is 2. The minimum Gasteiger partial charge on any atom is -0.312 e. The van der Waals surface area contributed by atoms with Crippen molar-refractivity contribution in [1.82, 2.24) is 15.3 Å². The monoisotopic (exact) mass is 303 g/mol. The highest BCUT2D eigenvalue weighted by Gasteiger charge is 2.19. The number of thioether (sulfide) groups is 1. The molecule has 2 N–H and O–H groups in total. The first-order valence-corrected chi connectivity index (χ1v) is 7.86. The lowest BCUT2D eigenvalue weighted by molar-refractivity contribution is 0.588. The molecule has 0 aliphatic heterocycles. The van der Waals surface area contributed by atoms with E-state index in [0.717, 1.165) is 5.69 Å². The number of aromatic amines is 1. The Bertz CT molecular complexity index is 651. The molecule has 0 saturated carbocycles. The van der Waals surface area contributed by atoms with Crippen LogP contribution in [0.4, 0.5) is 0 Å². The smallest absolute Gasteiger partial charge is 0.251 e. The normalized spacial score (nSPS) is 13.9. The fourth-order valence-electron chi connectivity index (χ4n) is 2.30. The number of H-pyrrole nitrogens is 1. The summed E-state index contributed by atoms with van der Waals surface area (Å²) >= 11 is 1.57. The zero-order valence-electron chi connectivity index (χ0n) is 12.8. The van der Waals surface area contributed by atoms with Gasteiger partial charge in [0.15, 0.2) is 5.16 Å². The van der Waals surface area contributed by atoms with E-state index >= 15 is 0 Å². The number of hydrogen-bond acceptors (Lipinski definition) is 4. The van der Waals surface area contributed by atoms with Crippen molar-refractivity contribution in [2.24, 2.45) is 0 Å². The molecule has 0 amide bonds. The van der Waals surface area contributed by atoms with E-state index in [1.165, 1.54) is 17.2 Å². The molecule has 0 spiro atoms. The van der Waals surface area contributed by atoms with Crippen LogP contribution in [-0.2, 0) is 0 Å². The van der Waals surface area contributed by atoms with E-state index in [1.807, 2.05) is 14.0 Å². The first-order valence-electron chi connectivity index (χ1n) is 6.98. The molecule has 1 aromatic heterocycles. The van der Waals surface area contributed by atoms with Crippen LogP contribution in [-0.4, -0.2) is 22.3 Å². The minimum atomic E-state index is -0.103. The Balaban J connectivity index is 2.18. The Kier molecular flexibility index (Phi) is 5.20. The summed E-state index contributed by atoms with van der Waals surface area (Å²) in [6.45, 7) is 6.05. The second-order valence-electron chi connectivity index (χ2n) is 5.19. The van der Waals surface area contributed by atoms with Gasteiger partial charge in [-0.2, -0.15) is 0 Å². The average molecular weight is 303 g/mol. The maximum absolute atomic E-state index is 11.5. The molecule has 0 bridgehead atoms. The largest absolute Gasteiger partial charge is 0.312 e. The Hall–Kier alpha value is -1.59. The first kappa shape index (κ1) is 15.8. The molecule has 2 atom stereocenters. The number of nitrogens with one attached hydrogen (secondary N) is 2. The van der Waals surface area contributed by atoms with Crippen LogP contribution in [0.5, 0.6) is 0 Å². The summed E-state index contributed by atoms with van der Waals surface area (Å²) in [7, 11) is 1.95. The van der Waals surface area contributed by atoms with E-state index in [9.17, 15) is 4.79 Å². The van der Waals surface area contributed by atoms with Crippen LogP contribution in [0.15, 0.2) is 40.3 Å². The molecule has 112 valence electrons. The average Bonchev–Trinajstić information content (AvgIpc) is 2.40. The van der Waals surface area contributed by atoms with Gasteiger partial charge >= 0.3 is 0 Å². The van der Waals surface area contributed by atoms with E-state index in [-0.39, 0.29) is 16.9 Å². The van der Waals surface area contributed by atoms with Gasteiger partial charge in [-0.3, -0.25) is 4.79 Å². The predicted octanol–water partition coefficient (Wildman–Crippen LogP) is 2.83. The van der Waals surface area contributed by atoms with Gasteiger partial charge in [-0.15, -0.1) is 0 Å². The Morgan fingerprint density at radius 3 is 2.48 bits per heavy atom. The molecule has 0 aliphatic rings. The Labute approximate surface area is 129 Å². The maximum atomic E-state index is 11.5. The molecule has 1 heterocycles. The Morgan fingerprint density at radius 1 is 1.24 bits per heavy atom. The topological polar surface area (TPSA) is 57.8 Å². The lowest BCUT2D eigenvalue weighted by atomic mass is 10.0. The van der Waals surface area contributed by atoms with Crippen molar-refractivity contribution in [3.8, 4) is 0 Å². The van der Waals surface area contributed by atoms with Gasteiger partial charge in [0.25, 0.3) is 5.56 Å². The third-order valence-electron chi connectivity index (χ3n) is 3.36. The molecule has 0 aliphatic carbocycles. The van der Waals surface area contributed by atoms with E-state index in [4.69, 9.17) is 0 Å². The second kappa shape index (κ2) is 6.91. The minimum absolute atomic E-state index is 0.103. The highest BCUT2D eigenvalue weighted by atomic mass is 32.2. The SMILES string of the molecule is CNC(c1ccc(C)cc1)C(C)Sc1nc(C)cc(=O)[nH]1. The summed E-state index contributed by atoms with van der Waals surface area (Å²) in [5, 5.41) is 4.25. The van der Waals surface area contributed by atoms with Crippen LogP contribution in [0.2, 0.25) is 0 Å². The summed E-state index contributed by atoms with van der Waals surface area (Å²) in [6, 6.07) is 10.2. The third kappa shape index (κ3) is 4.19. The zero-order chi connectivity index (χ0) is 15.4. The maximum Gasteiger partial charge on any atom is 0.251 e. The molecule has 21 heavy (non-hydrogen) atoms. The lowest BCUT2D eigenvalue weighted by Gasteiger charge is -2.23. The number of nitrogens with zero attached hydrogens (tertiary/aromatic N) is 1. The van der Waals surface area contributed by atoms with Crippen LogP contribution in [0.25, 0.3) is 0 Å². The van der Waals surface area contributed by atoms with Crippen LogP contribution in [0.3, 0.4) is 0 Å². The first-order chi connectivity index (χ1) is 9.99. The highest BCUT2D eigenvalue weighted by molar-refractivity contribution is 7.99. The standard InChI is InChI=1S/C16H21N3OS/c1-10-5-7-13(8-6-10)15(17-4)12(3)21-16-18-11(2)9-14(20)19-16/h5-9,12,15,17H,1-4H3,(H,18,19,20). The van der Waals surface area contributed by atoms with Crippen molar-refractivity contribution in [1.29, 1.82) is 0 Å². The molecule has 0 fully saturated rings. The van der Waals surface area contributed by atoms with Crippen molar-refractivity contribution in [3.05, 3.63) is 57.5 Å². The van der Waals surface area contributed by atoms with Crippen molar-refractivity contribution in [3.63, 3.8) is 0 Å².